The van der Waals surface area contributed by atoms with Gasteiger partial charge in [-0.25, -0.2) is 4.98 Å². The summed E-state index contributed by atoms with van der Waals surface area (Å²) < 4.78 is 2.13. The largest absolute Gasteiger partial charge is 0.361 e. The van der Waals surface area contributed by atoms with E-state index in [4.69, 9.17) is 0 Å². The lowest BCUT2D eigenvalue weighted by atomic mass is 10.1. The van der Waals surface area contributed by atoms with Gasteiger partial charge in [0.1, 0.15) is 5.65 Å². The number of pyridine rings is 1. The maximum atomic E-state index is 12.8. The lowest BCUT2D eigenvalue weighted by molar-refractivity contribution is -0.132. The first-order valence-corrected chi connectivity index (χ1v) is 9.74. The molecular weight excluding hydrogens is 350 g/mol. The molecule has 1 N–H and O–H groups in total. The zero-order valence-electron chi connectivity index (χ0n) is 15.7. The number of hydrogen-bond acceptors (Lipinski definition) is 3. The highest BCUT2D eigenvalue weighted by atomic mass is 16.2. The van der Waals surface area contributed by atoms with Crippen molar-refractivity contribution in [2.75, 3.05) is 26.2 Å². The summed E-state index contributed by atoms with van der Waals surface area (Å²) in [5.41, 5.74) is 4.33. The second kappa shape index (κ2) is 7.13. The fourth-order valence-corrected chi connectivity index (χ4v) is 4.04. The predicted molar refractivity (Wildman–Crippen MR) is 109 cm³/mol. The first-order valence-electron chi connectivity index (χ1n) is 9.74. The molecule has 6 heteroatoms. The van der Waals surface area contributed by atoms with Gasteiger partial charge in [-0.3, -0.25) is 9.69 Å². The van der Waals surface area contributed by atoms with E-state index in [-0.39, 0.29) is 5.91 Å². The topological polar surface area (TPSA) is 56.6 Å². The van der Waals surface area contributed by atoms with Crippen molar-refractivity contribution in [1.82, 2.24) is 24.2 Å². The molecule has 0 unspecified atom stereocenters. The summed E-state index contributed by atoms with van der Waals surface area (Å²) in [5, 5.41) is 1.14. The number of amides is 1. The van der Waals surface area contributed by atoms with Gasteiger partial charge in [-0.15, -0.1) is 0 Å². The smallest absolute Gasteiger partial charge is 0.227 e. The number of imidazole rings is 1. The van der Waals surface area contributed by atoms with Crippen LogP contribution in [-0.2, 0) is 17.8 Å². The van der Waals surface area contributed by atoms with E-state index in [9.17, 15) is 4.79 Å². The van der Waals surface area contributed by atoms with Gasteiger partial charge in [0.2, 0.25) is 5.91 Å². The number of rotatable bonds is 4. The molecule has 28 heavy (non-hydrogen) atoms. The van der Waals surface area contributed by atoms with Crippen molar-refractivity contribution < 1.29 is 4.79 Å². The fraction of sp³-hybridized carbons (Fsp3) is 0.273. The average molecular weight is 373 g/mol. The van der Waals surface area contributed by atoms with Crippen LogP contribution in [0.2, 0.25) is 0 Å². The molecule has 0 aliphatic carbocycles. The molecular formula is C22H23N5O. The normalized spacial score (nSPS) is 15.5. The second-order valence-electron chi connectivity index (χ2n) is 7.37. The minimum absolute atomic E-state index is 0.208. The van der Waals surface area contributed by atoms with Crippen molar-refractivity contribution in [1.29, 1.82) is 0 Å². The molecule has 1 saturated heterocycles. The Morgan fingerprint density at radius 1 is 1.04 bits per heavy atom. The van der Waals surface area contributed by atoms with Crippen molar-refractivity contribution in [3.63, 3.8) is 0 Å². The highest BCUT2D eigenvalue weighted by Gasteiger charge is 2.22. The summed E-state index contributed by atoms with van der Waals surface area (Å²) >= 11 is 0. The Bertz CT molecular complexity index is 1120. The number of benzene rings is 1. The molecule has 4 heterocycles. The molecule has 1 aliphatic rings. The molecule has 1 amide bonds. The number of carbonyl (C=O) groups is 1. The molecule has 1 aromatic carbocycles. The van der Waals surface area contributed by atoms with E-state index in [1.165, 1.54) is 5.69 Å². The number of para-hydroxylation sites is 1. The minimum Gasteiger partial charge on any atom is -0.361 e. The Morgan fingerprint density at radius 2 is 1.86 bits per heavy atom. The zero-order chi connectivity index (χ0) is 18.9. The van der Waals surface area contributed by atoms with Crippen LogP contribution < -0.4 is 0 Å². The molecule has 6 nitrogen and oxygen atoms in total. The quantitative estimate of drug-likeness (QED) is 0.598. The van der Waals surface area contributed by atoms with Gasteiger partial charge in [-0.05, 0) is 23.8 Å². The van der Waals surface area contributed by atoms with Crippen molar-refractivity contribution in [3.8, 4) is 0 Å². The van der Waals surface area contributed by atoms with E-state index in [1.54, 1.807) is 0 Å². The third-order valence-corrected chi connectivity index (χ3v) is 5.62. The summed E-state index contributed by atoms with van der Waals surface area (Å²) in [6.45, 7) is 4.19. The number of nitrogens with one attached hydrogen (secondary N) is 1. The van der Waals surface area contributed by atoms with E-state index < -0.39 is 0 Å². The Kier molecular flexibility index (Phi) is 4.33. The van der Waals surface area contributed by atoms with Gasteiger partial charge in [0.05, 0.1) is 18.3 Å². The average Bonchev–Trinajstić information content (AvgIpc) is 3.33. The van der Waals surface area contributed by atoms with Crippen molar-refractivity contribution in [2.24, 2.45) is 0 Å². The number of H-pyrrole nitrogens is 1. The molecule has 0 saturated carbocycles. The number of aromatic amines is 1. The first kappa shape index (κ1) is 17.0. The van der Waals surface area contributed by atoms with Crippen LogP contribution in [0, 0.1) is 0 Å². The molecule has 0 radical (unpaired) electrons. The maximum Gasteiger partial charge on any atom is 0.227 e. The van der Waals surface area contributed by atoms with Gasteiger partial charge < -0.3 is 14.3 Å². The van der Waals surface area contributed by atoms with E-state index >= 15 is 0 Å². The Hall–Kier alpha value is -3.12. The van der Waals surface area contributed by atoms with Crippen LogP contribution >= 0.6 is 0 Å². The number of hydrogen-bond donors (Lipinski definition) is 1. The van der Waals surface area contributed by atoms with E-state index in [1.807, 2.05) is 53.7 Å². The predicted octanol–water partition coefficient (Wildman–Crippen LogP) is 2.70. The van der Waals surface area contributed by atoms with Crippen molar-refractivity contribution in [3.05, 3.63) is 72.3 Å². The van der Waals surface area contributed by atoms with Crippen molar-refractivity contribution >= 4 is 22.5 Å². The van der Waals surface area contributed by atoms with Gasteiger partial charge in [-0.2, -0.15) is 0 Å². The van der Waals surface area contributed by atoms with Crippen LogP contribution in [0.4, 0.5) is 0 Å². The number of carbonyl (C=O) groups excluding carboxylic acids is 1. The van der Waals surface area contributed by atoms with E-state index in [0.29, 0.717) is 6.42 Å². The summed E-state index contributed by atoms with van der Waals surface area (Å²) in [5.74, 6) is 0.208. The number of nitrogens with zero attached hydrogens (tertiary/aromatic N) is 4. The zero-order valence-corrected chi connectivity index (χ0v) is 15.7. The van der Waals surface area contributed by atoms with Crippen LogP contribution in [0.1, 0.15) is 11.3 Å². The van der Waals surface area contributed by atoms with Crippen LogP contribution in [0.15, 0.2) is 61.1 Å². The molecule has 5 rings (SSSR count). The number of aromatic nitrogens is 3. The molecule has 1 aliphatic heterocycles. The molecule has 0 spiro atoms. The van der Waals surface area contributed by atoms with Crippen LogP contribution in [0.3, 0.4) is 0 Å². The fourth-order valence-electron chi connectivity index (χ4n) is 4.04. The van der Waals surface area contributed by atoms with E-state index in [0.717, 1.165) is 54.8 Å². The first-order chi connectivity index (χ1) is 13.8. The highest BCUT2D eigenvalue weighted by molar-refractivity contribution is 5.88. The third-order valence-electron chi connectivity index (χ3n) is 5.62. The summed E-state index contributed by atoms with van der Waals surface area (Å²) in [7, 11) is 0. The lowest BCUT2D eigenvalue weighted by Gasteiger charge is -2.34. The minimum atomic E-state index is 0.208. The van der Waals surface area contributed by atoms with Gasteiger partial charge in [-0.1, -0.05) is 24.3 Å². The lowest BCUT2D eigenvalue weighted by Crippen LogP contribution is -2.48. The number of piperazine rings is 1. The van der Waals surface area contributed by atoms with Gasteiger partial charge in [0, 0.05) is 56.0 Å². The molecule has 0 atom stereocenters. The Balaban J connectivity index is 1.20. The Labute approximate surface area is 163 Å². The van der Waals surface area contributed by atoms with E-state index in [2.05, 4.69) is 31.5 Å². The monoisotopic (exact) mass is 373 g/mol. The molecule has 142 valence electrons. The van der Waals surface area contributed by atoms with Gasteiger partial charge >= 0.3 is 0 Å². The number of fused-ring (bicyclic) bond motifs is 2. The van der Waals surface area contributed by atoms with Crippen LogP contribution in [0.5, 0.6) is 0 Å². The maximum absolute atomic E-state index is 12.8. The SMILES string of the molecule is O=C(Cc1c[nH]c2ccccc12)N1CCN(Cc2cnc3ccccn23)CC1. The molecule has 0 bridgehead atoms. The van der Waals surface area contributed by atoms with Crippen molar-refractivity contribution in [2.45, 2.75) is 13.0 Å². The summed E-state index contributed by atoms with van der Waals surface area (Å²) in [4.78, 5) is 24.9. The highest BCUT2D eigenvalue weighted by Crippen LogP contribution is 2.19. The summed E-state index contributed by atoms with van der Waals surface area (Å²) in [6.07, 6.45) is 6.42. The Morgan fingerprint density at radius 3 is 2.75 bits per heavy atom. The second-order valence-corrected chi connectivity index (χ2v) is 7.37. The van der Waals surface area contributed by atoms with Crippen LogP contribution in [0.25, 0.3) is 16.6 Å². The standard InChI is InChI=1S/C22H23N5O/c28-22(13-17-14-23-20-6-2-1-5-19(17)20)26-11-9-25(10-12-26)16-18-15-24-21-7-3-4-8-27(18)21/h1-8,14-15,23H,9-13,16H2. The third kappa shape index (κ3) is 3.16. The van der Waals surface area contributed by atoms with Gasteiger partial charge in [0.25, 0.3) is 0 Å². The van der Waals surface area contributed by atoms with Crippen LogP contribution in [-0.4, -0.2) is 56.3 Å². The molecule has 4 aromatic rings. The molecule has 1 fully saturated rings. The summed E-state index contributed by atoms with van der Waals surface area (Å²) in [6, 6.07) is 14.2. The molecule has 3 aromatic heterocycles. The van der Waals surface area contributed by atoms with Gasteiger partial charge in [0.15, 0.2) is 0 Å².